The first-order valence-corrected chi connectivity index (χ1v) is 7.72. The van der Waals surface area contributed by atoms with Gasteiger partial charge >= 0.3 is 6.03 Å². The fraction of sp³-hybridized carbons (Fsp3) is 0.125. The lowest BCUT2D eigenvalue weighted by molar-refractivity contribution is 0.257. The molecular weight excluding hydrogens is 358 g/mol. The van der Waals surface area contributed by atoms with Crippen LogP contribution in [0.3, 0.4) is 0 Å². The third-order valence-corrected chi connectivity index (χ3v) is 3.62. The Morgan fingerprint density at radius 3 is 2.70 bits per heavy atom. The molecule has 0 radical (unpaired) electrons. The van der Waals surface area contributed by atoms with Crippen molar-refractivity contribution < 1.29 is 13.6 Å². The van der Waals surface area contributed by atoms with Crippen LogP contribution >= 0.6 is 0 Å². The van der Waals surface area contributed by atoms with Crippen molar-refractivity contribution in [1.82, 2.24) is 19.7 Å². The number of carbonyl (C=O) groups excluding carboxylic acids is 1. The van der Waals surface area contributed by atoms with Crippen molar-refractivity contribution in [2.24, 2.45) is 7.05 Å². The van der Waals surface area contributed by atoms with Gasteiger partial charge in [0.25, 0.3) is 0 Å². The Morgan fingerprint density at radius 1 is 1.22 bits per heavy atom. The number of nitrogen functional groups attached to an aromatic ring is 1. The van der Waals surface area contributed by atoms with Gasteiger partial charge < -0.3 is 16.4 Å². The van der Waals surface area contributed by atoms with Crippen LogP contribution in [0.2, 0.25) is 0 Å². The summed E-state index contributed by atoms with van der Waals surface area (Å²) in [7, 11) is 3.16. The number of urea groups is 1. The molecule has 3 rings (SSSR count). The summed E-state index contributed by atoms with van der Waals surface area (Å²) in [6, 6.07) is 4.46. The average molecular weight is 374 g/mol. The van der Waals surface area contributed by atoms with E-state index in [4.69, 9.17) is 5.73 Å². The van der Waals surface area contributed by atoms with Crippen molar-refractivity contribution in [3.8, 4) is 0 Å². The lowest BCUT2D eigenvalue weighted by atomic mass is 10.2. The summed E-state index contributed by atoms with van der Waals surface area (Å²) in [5.74, 6) is -0.843. The molecule has 1 aromatic carbocycles. The number of hydrogen-bond donors (Lipinski definition) is 3. The minimum Gasteiger partial charge on any atom is -0.396 e. The number of halogens is 2. The van der Waals surface area contributed by atoms with E-state index in [9.17, 15) is 13.6 Å². The number of aryl methyl sites for hydroxylation is 1. The summed E-state index contributed by atoms with van der Waals surface area (Å²) < 4.78 is 29.4. The van der Waals surface area contributed by atoms with E-state index in [1.54, 1.807) is 24.0 Å². The predicted octanol–water partition coefficient (Wildman–Crippen LogP) is 2.48. The van der Waals surface area contributed by atoms with E-state index < -0.39 is 23.4 Å². The molecule has 2 aromatic heterocycles. The number of aromatic nitrogens is 4. The molecule has 0 saturated heterocycles. The fourth-order valence-electron chi connectivity index (χ4n) is 2.19. The van der Waals surface area contributed by atoms with Gasteiger partial charge in [-0.05, 0) is 12.1 Å². The van der Waals surface area contributed by atoms with Gasteiger partial charge in [-0.2, -0.15) is 5.10 Å². The zero-order chi connectivity index (χ0) is 19.6. The number of benzene rings is 1. The molecular formula is C16H16F2N8O. The molecule has 0 bridgehead atoms. The van der Waals surface area contributed by atoms with Crippen molar-refractivity contribution in [2.75, 3.05) is 28.3 Å². The molecule has 2 amide bonds. The molecule has 4 N–H and O–H groups in total. The van der Waals surface area contributed by atoms with E-state index in [0.717, 1.165) is 17.0 Å². The highest BCUT2D eigenvalue weighted by Crippen LogP contribution is 2.24. The summed E-state index contributed by atoms with van der Waals surface area (Å²) in [6.07, 6.45) is 2.99. The largest absolute Gasteiger partial charge is 0.396 e. The number of nitrogens with one attached hydrogen (secondary N) is 2. The molecule has 0 aliphatic carbocycles. The normalized spacial score (nSPS) is 10.5. The minimum atomic E-state index is -1.04. The second-order valence-corrected chi connectivity index (χ2v) is 5.58. The SMILES string of the molecule is CN(C(=O)Nc1c(F)ccc(N)c1F)c1cc(Nc2ccn(C)n2)ncn1. The summed E-state index contributed by atoms with van der Waals surface area (Å²) in [6.45, 7) is 0. The summed E-state index contributed by atoms with van der Waals surface area (Å²) >= 11 is 0. The quantitative estimate of drug-likeness (QED) is 0.605. The topological polar surface area (TPSA) is 114 Å². The van der Waals surface area contributed by atoms with Crippen LogP contribution in [0.5, 0.6) is 0 Å². The van der Waals surface area contributed by atoms with Crippen LogP contribution in [-0.4, -0.2) is 32.8 Å². The monoisotopic (exact) mass is 374 g/mol. The van der Waals surface area contributed by atoms with Gasteiger partial charge in [0.05, 0.1) is 5.69 Å². The molecule has 27 heavy (non-hydrogen) atoms. The van der Waals surface area contributed by atoms with Crippen LogP contribution in [0, 0.1) is 11.6 Å². The van der Waals surface area contributed by atoms with Crippen LogP contribution in [0.25, 0.3) is 0 Å². The molecule has 0 unspecified atom stereocenters. The van der Waals surface area contributed by atoms with Gasteiger partial charge in [0.2, 0.25) is 0 Å². The first kappa shape index (κ1) is 18.0. The van der Waals surface area contributed by atoms with Crippen molar-refractivity contribution in [2.45, 2.75) is 0 Å². The third kappa shape index (κ3) is 3.92. The summed E-state index contributed by atoms with van der Waals surface area (Å²) in [5, 5.41) is 9.26. The number of rotatable bonds is 4. The van der Waals surface area contributed by atoms with Crippen molar-refractivity contribution in [3.05, 3.63) is 48.4 Å². The Bertz CT molecular complexity index is 990. The second kappa shape index (κ2) is 7.23. The highest BCUT2D eigenvalue weighted by atomic mass is 19.1. The Labute approximate surface area is 152 Å². The van der Waals surface area contributed by atoms with Gasteiger partial charge in [0.1, 0.15) is 29.5 Å². The smallest absolute Gasteiger partial charge is 0.327 e. The van der Waals surface area contributed by atoms with Gasteiger partial charge in [0.15, 0.2) is 11.6 Å². The number of nitrogens with two attached hydrogens (primary N) is 1. The van der Waals surface area contributed by atoms with E-state index >= 15 is 0 Å². The second-order valence-electron chi connectivity index (χ2n) is 5.58. The molecule has 0 fully saturated rings. The molecule has 2 heterocycles. The summed E-state index contributed by atoms with van der Waals surface area (Å²) in [5.41, 5.74) is 4.49. The maximum absolute atomic E-state index is 14.0. The van der Waals surface area contributed by atoms with Gasteiger partial charge in [-0.3, -0.25) is 9.58 Å². The molecule has 0 aliphatic heterocycles. The highest BCUT2D eigenvalue weighted by molar-refractivity contribution is 6.01. The van der Waals surface area contributed by atoms with Gasteiger partial charge in [-0.1, -0.05) is 0 Å². The first-order chi connectivity index (χ1) is 12.8. The van der Waals surface area contributed by atoms with Crippen LogP contribution in [0.15, 0.2) is 36.8 Å². The number of hydrogen-bond acceptors (Lipinski definition) is 6. The van der Waals surface area contributed by atoms with E-state index in [1.807, 2.05) is 0 Å². The molecule has 0 atom stereocenters. The maximum Gasteiger partial charge on any atom is 0.327 e. The van der Waals surface area contributed by atoms with Crippen LogP contribution in [-0.2, 0) is 7.05 Å². The number of nitrogens with zero attached hydrogens (tertiary/aromatic N) is 5. The molecule has 9 nitrogen and oxygen atoms in total. The van der Waals surface area contributed by atoms with Crippen LogP contribution in [0.1, 0.15) is 0 Å². The Balaban J connectivity index is 1.77. The zero-order valence-electron chi connectivity index (χ0n) is 14.4. The average Bonchev–Trinajstić information content (AvgIpc) is 3.06. The van der Waals surface area contributed by atoms with Crippen molar-refractivity contribution >= 4 is 34.9 Å². The number of amides is 2. The first-order valence-electron chi connectivity index (χ1n) is 7.72. The molecule has 0 spiro atoms. The number of anilines is 5. The van der Waals surface area contributed by atoms with Gasteiger partial charge in [0, 0.05) is 32.4 Å². The molecule has 3 aromatic rings. The maximum atomic E-state index is 14.0. The molecule has 0 saturated carbocycles. The summed E-state index contributed by atoms with van der Waals surface area (Å²) in [4.78, 5) is 21.5. The Morgan fingerprint density at radius 2 is 2.00 bits per heavy atom. The third-order valence-electron chi connectivity index (χ3n) is 3.62. The van der Waals surface area contributed by atoms with E-state index in [1.165, 1.54) is 19.4 Å². The lowest BCUT2D eigenvalue weighted by Gasteiger charge is -2.18. The van der Waals surface area contributed by atoms with Crippen molar-refractivity contribution in [1.29, 1.82) is 0 Å². The highest BCUT2D eigenvalue weighted by Gasteiger charge is 2.19. The number of carbonyl (C=O) groups is 1. The molecule has 140 valence electrons. The van der Waals surface area contributed by atoms with Crippen LogP contribution < -0.4 is 21.3 Å². The van der Waals surface area contributed by atoms with Crippen LogP contribution in [0.4, 0.5) is 42.4 Å². The van der Waals surface area contributed by atoms with Gasteiger partial charge in [-0.15, -0.1) is 0 Å². The molecule has 11 heteroatoms. The standard InChI is InChI=1S/C16H16F2N8O/c1-25-6-5-11(24-25)22-12-7-13(21-8-20-12)26(2)16(27)23-15-9(17)3-4-10(19)14(15)18/h3-8H,19H2,1-2H3,(H,23,27)(H,20,21,22,24). The van der Waals surface area contributed by atoms with E-state index in [2.05, 4.69) is 25.7 Å². The van der Waals surface area contributed by atoms with Gasteiger partial charge in [-0.25, -0.2) is 23.5 Å². The lowest BCUT2D eigenvalue weighted by Crippen LogP contribution is -2.32. The zero-order valence-corrected chi connectivity index (χ0v) is 14.4. The van der Waals surface area contributed by atoms with E-state index in [-0.39, 0.29) is 11.5 Å². The van der Waals surface area contributed by atoms with Crippen molar-refractivity contribution in [3.63, 3.8) is 0 Å². The minimum absolute atomic E-state index is 0.200. The predicted molar refractivity (Wildman–Crippen MR) is 96.7 cm³/mol. The molecule has 0 aliphatic rings. The fourth-order valence-corrected chi connectivity index (χ4v) is 2.19. The Hall–Kier alpha value is -3.76. The Kier molecular flexibility index (Phi) is 4.83. The van der Waals surface area contributed by atoms with E-state index in [0.29, 0.717) is 11.6 Å².